The van der Waals surface area contributed by atoms with Crippen LogP contribution in [0.2, 0.25) is 0 Å². The molecule has 0 aromatic carbocycles. The van der Waals surface area contributed by atoms with Crippen LogP contribution in [0.15, 0.2) is 48.3 Å². The van der Waals surface area contributed by atoms with E-state index < -0.39 is 21.7 Å². The van der Waals surface area contributed by atoms with Gasteiger partial charge in [0.2, 0.25) is 15.9 Å². The number of anilines is 1. The Morgan fingerprint density at radius 2 is 2.11 bits per heavy atom. The first-order chi connectivity index (χ1) is 12.9. The second-order valence-corrected chi connectivity index (χ2v) is 7.39. The van der Waals surface area contributed by atoms with E-state index in [9.17, 15) is 13.2 Å². The van der Waals surface area contributed by atoms with Gasteiger partial charge in [-0.3, -0.25) is 14.5 Å². The smallest absolute Gasteiger partial charge is 0.243 e. The molecular weight excluding hydrogens is 366 g/mol. The van der Waals surface area contributed by atoms with Crippen molar-refractivity contribution < 1.29 is 13.2 Å². The van der Waals surface area contributed by atoms with Gasteiger partial charge in [-0.2, -0.15) is 0 Å². The second kappa shape index (κ2) is 8.63. The van der Waals surface area contributed by atoms with Gasteiger partial charge < -0.3 is 11.1 Å². The van der Waals surface area contributed by atoms with Crippen LogP contribution in [-0.2, 0) is 14.8 Å². The zero-order valence-corrected chi connectivity index (χ0v) is 16.2. The maximum atomic E-state index is 12.1. The standard InChI is InChI=1S/C16H17N5O3S.C2H6/c1-10-4-2-6-18-14(10)12-8-11-5-3-7-19-15(11)16(20-12)21-25(23,24)9-13(17)22;1-2/h2-8,14,18H,9H2,1H3,(H2,17,22)(H,20,21);1-2H3. The average Bonchev–Trinajstić information content (AvgIpc) is 2.62. The van der Waals surface area contributed by atoms with Crippen LogP contribution in [0.25, 0.3) is 10.9 Å². The summed E-state index contributed by atoms with van der Waals surface area (Å²) in [5.74, 6) is -1.70. The number of allylic oxidation sites excluding steroid dienone is 2. The summed E-state index contributed by atoms with van der Waals surface area (Å²) in [6, 6.07) is 5.23. The van der Waals surface area contributed by atoms with Crippen LogP contribution in [0.3, 0.4) is 0 Å². The molecule has 0 bridgehead atoms. The third kappa shape index (κ3) is 5.04. The van der Waals surface area contributed by atoms with Gasteiger partial charge >= 0.3 is 0 Å². The van der Waals surface area contributed by atoms with E-state index >= 15 is 0 Å². The third-order valence-electron chi connectivity index (χ3n) is 3.66. The van der Waals surface area contributed by atoms with Gasteiger partial charge in [0.1, 0.15) is 11.3 Å². The number of primary amides is 1. The van der Waals surface area contributed by atoms with Gasteiger partial charge in [-0.05, 0) is 36.9 Å². The first kappa shape index (κ1) is 20.4. The molecular formula is C18H23N5O3S. The predicted molar refractivity (Wildman–Crippen MR) is 106 cm³/mol. The number of fused-ring (bicyclic) bond motifs is 1. The topological polar surface area (TPSA) is 127 Å². The molecule has 27 heavy (non-hydrogen) atoms. The quantitative estimate of drug-likeness (QED) is 0.718. The fraction of sp³-hybridized carbons (Fsp3) is 0.278. The van der Waals surface area contributed by atoms with Gasteiger partial charge in [0.25, 0.3) is 0 Å². The Labute approximate surface area is 158 Å². The number of pyridine rings is 2. The number of rotatable bonds is 5. The summed E-state index contributed by atoms with van der Waals surface area (Å²) in [6.07, 6.45) is 7.17. The molecule has 1 aliphatic heterocycles. The summed E-state index contributed by atoms with van der Waals surface area (Å²) in [7, 11) is -3.96. The summed E-state index contributed by atoms with van der Waals surface area (Å²) < 4.78 is 26.5. The number of dihydropyridines is 1. The molecule has 0 saturated heterocycles. The van der Waals surface area contributed by atoms with Crippen LogP contribution >= 0.6 is 0 Å². The SMILES string of the molecule is CC.CC1=CC=CNC1c1cc2cccnc2c(NS(=O)(=O)CC(N)=O)n1. The molecule has 8 nitrogen and oxygen atoms in total. The first-order valence-corrected chi connectivity index (χ1v) is 10.1. The van der Waals surface area contributed by atoms with Crippen molar-refractivity contribution in [2.45, 2.75) is 26.8 Å². The monoisotopic (exact) mass is 389 g/mol. The predicted octanol–water partition coefficient (Wildman–Crippen LogP) is 1.99. The maximum absolute atomic E-state index is 12.1. The normalized spacial score (nSPS) is 16.0. The van der Waals surface area contributed by atoms with Gasteiger partial charge in [0.05, 0.1) is 11.7 Å². The van der Waals surface area contributed by atoms with Gasteiger partial charge in [-0.25, -0.2) is 13.4 Å². The van der Waals surface area contributed by atoms with Gasteiger partial charge in [-0.1, -0.05) is 26.0 Å². The molecule has 2 aromatic rings. The Morgan fingerprint density at radius 3 is 2.78 bits per heavy atom. The van der Waals surface area contributed by atoms with Crippen molar-refractivity contribution in [1.82, 2.24) is 15.3 Å². The highest BCUT2D eigenvalue weighted by molar-refractivity contribution is 7.93. The van der Waals surface area contributed by atoms with Crippen molar-refractivity contribution in [3.05, 3.63) is 54.0 Å². The van der Waals surface area contributed by atoms with Crippen LogP contribution < -0.4 is 15.8 Å². The number of nitrogens with two attached hydrogens (primary N) is 1. The van der Waals surface area contributed by atoms with Crippen molar-refractivity contribution in [3.63, 3.8) is 0 Å². The lowest BCUT2D eigenvalue weighted by Crippen LogP contribution is -2.28. The molecule has 144 valence electrons. The molecule has 9 heteroatoms. The molecule has 0 fully saturated rings. The van der Waals surface area contributed by atoms with Crippen LogP contribution in [0.4, 0.5) is 5.82 Å². The average molecular weight is 389 g/mol. The Bertz CT molecular complexity index is 999. The first-order valence-electron chi connectivity index (χ1n) is 8.49. The number of hydrogen-bond acceptors (Lipinski definition) is 6. The number of carbonyl (C=O) groups is 1. The van der Waals surface area contributed by atoms with Crippen LogP contribution in [0.1, 0.15) is 32.5 Å². The molecule has 3 rings (SSSR count). The van der Waals surface area contributed by atoms with Crippen molar-refractivity contribution in [3.8, 4) is 0 Å². The summed E-state index contributed by atoms with van der Waals surface area (Å²) in [6.45, 7) is 5.95. The number of carbonyl (C=O) groups excluding carboxylic acids is 1. The van der Waals surface area contributed by atoms with E-state index in [2.05, 4.69) is 20.0 Å². The highest BCUT2D eigenvalue weighted by Crippen LogP contribution is 2.28. The van der Waals surface area contributed by atoms with Crippen molar-refractivity contribution >= 4 is 32.7 Å². The number of amides is 1. The van der Waals surface area contributed by atoms with E-state index in [0.717, 1.165) is 11.0 Å². The molecule has 1 amide bonds. The van der Waals surface area contributed by atoms with Gasteiger partial charge in [-0.15, -0.1) is 0 Å². The lowest BCUT2D eigenvalue weighted by Gasteiger charge is -2.21. The van der Waals surface area contributed by atoms with Crippen LogP contribution in [0, 0.1) is 0 Å². The zero-order chi connectivity index (χ0) is 20.0. The molecule has 4 N–H and O–H groups in total. The lowest BCUT2D eigenvalue weighted by atomic mass is 10.0. The molecule has 0 radical (unpaired) electrons. The number of aromatic nitrogens is 2. The molecule has 2 aromatic heterocycles. The molecule has 0 saturated carbocycles. The minimum Gasteiger partial charge on any atom is -0.379 e. The lowest BCUT2D eigenvalue weighted by molar-refractivity contribution is -0.115. The van der Waals surface area contributed by atoms with E-state index in [1.165, 1.54) is 0 Å². The number of sulfonamides is 1. The Morgan fingerprint density at radius 1 is 1.37 bits per heavy atom. The Kier molecular flexibility index (Phi) is 6.51. The molecule has 1 aliphatic rings. The number of nitrogens with one attached hydrogen (secondary N) is 2. The highest BCUT2D eigenvalue weighted by Gasteiger charge is 2.21. The number of nitrogens with zero attached hydrogens (tertiary/aromatic N) is 2. The van der Waals surface area contributed by atoms with Gasteiger partial charge in [0, 0.05) is 11.6 Å². The maximum Gasteiger partial charge on any atom is 0.243 e. The molecule has 1 unspecified atom stereocenters. The Balaban J connectivity index is 0.00000126. The second-order valence-electron chi connectivity index (χ2n) is 5.67. The molecule has 3 heterocycles. The van der Waals surface area contributed by atoms with Crippen molar-refractivity contribution in [2.24, 2.45) is 5.73 Å². The Hall–Kier alpha value is -2.94. The van der Waals surface area contributed by atoms with Crippen LogP contribution in [-0.4, -0.2) is 30.0 Å². The van der Waals surface area contributed by atoms with Gasteiger partial charge in [0.15, 0.2) is 5.82 Å². The summed E-state index contributed by atoms with van der Waals surface area (Å²) in [4.78, 5) is 19.6. The molecule has 0 aliphatic carbocycles. The number of hydrogen-bond donors (Lipinski definition) is 3. The van der Waals surface area contributed by atoms with Crippen molar-refractivity contribution in [1.29, 1.82) is 0 Å². The highest BCUT2D eigenvalue weighted by atomic mass is 32.2. The van der Waals surface area contributed by atoms with Crippen molar-refractivity contribution in [2.75, 3.05) is 10.5 Å². The van der Waals surface area contributed by atoms with E-state index in [-0.39, 0.29) is 11.9 Å². The van der Waals surface area contributed by atoms with Crippen LogP contribution in [0.5, 0.6) is 0 Å². The zero-order valence-electron chi connectivity index (χ0n) is 15.4. The fourth-order valence-corrected chi connectivity index (χ4v) is 3.48. The summed E-state index contributed by atoms with van der Waals surface area (Å²) in [5.41, 5.74) is 7.05. The van der Waals surface area contributed by atoms with E-state index in [1.807, 2.05) is 45.1 Å². The molecule has 0 spiro atoms. The van der Waals surface area contributed by atoms with E-state index in [4.69, 9.17) is 5.73 Å². The largest absolute Gasteiger partial charge is 0.379 e. The fourth-order valence-electron chi connectivity index (χ4n) is 2.59. The van der Waals surface area contributed by atoms with E-state index in [1.54, 1.807) is 18.5 Å². The minimum atomic E-state index is -3.96. The van der Waals surface area contributed by atoms with E-state index in [0.29, 0.717) is 11.2 Å². The summed E-state index contributed by atoms with van der Waals surface area (Å²) >= 11 is 0. The summed E-state index contributed by atoms with van der Waals surface area (Å²) in [5, 5.41) is 3.92. The third-order valence-corrected chi connectivity index (χ3v) is 4.83. The molecule has 1 atom stereocenters. The minimum absolute atomic E-state index is 0.0681.